The number of carbonyl (C=O) groups excluding carboxylic acids is 1. The van der Waals surface area contributed by atoms with Gasteiger partial charge in [-0.05, 0) is 38.5 Å². The summed E-state index contributed by atoms with van der Waals surface area (Å²) >= 11 is 1.72. The molecule has 7 nitrogen and oxygen atoms in total. The number of nitrogens with one attached hydrogen (secondary N) is 2. The first-order valence-corrected chi connectivity index (χ1v) is 10.3. The Balaban J connectivity index is 1.81. The van der Waals surface area contributed by atoms with Crippen LogP contribution in [0.15, 0.2) is 36.7 Å². The minimum Gasteiger partial charge on any atom is -0.493 e. The molecule has 1 atom stereocenters. The first-order valence-electron chi connectivity index (χ1n) is 9.50. The number of carbonyl (C=O) groups is 1. The summed E-state index contributed by atoms with van der Waals surface area (Å²) in [6, 6.07) is 6.86. The normalized spacial score (nSPS) is 11.7. The predicted molar refractivity (Wildman–Crippen MR) is 120 cm³/mol. The minimum absolute atomic E-state index is 0.186. The van der Waals surface area contributed by atoms with Crippen LogP contribution in [0.1, 0.15) is 29.0 Å². The zero-order valence-electron chi connectivity index (χ0n) is 18.0. The number of amides is 2. The molecule has 0 aliphatic heterocycles. The number of anilines is 1. The van der Waals surface area contributed by atoms with Gasteiger partial charge in [0.2, 0.25) is 5.75 Å². The van der Waals surface area contributed by atoms with Crippen LogP contribution in [0.2, 0.25) is 0 Å². The van der Waals surface area contributed by atoms with Crippen LogP contribution >= 0.6 is 11.3 Å². The van der Waals surface area contributed by atoms with Gasteiger partial charge in [0.05, 0.1) is 33.1 Å². The fourth-order valence-corrected chi connectivity index (χ4v) is 4.61. The maximum atomic E-state index is 12.7. The number of urea groups is 1. The lowest BCUT2D eigenvalue weighted by Crippen LogP contribution is -2.31. The highest BCUT2D eigenvalue weighted by Crippen LogP contribution is 2.40. The Labute approximate surface area is 180 Å². The maximum Gasteiger partial charge on any atom is 0.319 e. The van der Waals surface area contributed by atoms with Crippen LogP contribution in [-0.2, 0) is 0 Å². The van der Waals surface area contributed by atoms with Gasteiger partial charge < -0.3 is 29.4 Å². The molecule has 1 aromatic carbocycles. The van der Waals surface area contributed by atoms with Gasteiger partial charge in [-0.25, -0.2) is 4.79 Å². The number of rotatable bonds is 7. The summed E-state index contributed by atoms with van der Waals surface area (Å²) < 4.78 is 18.1. The molecule has 0 spiro atoms. The van der Waals surface area contributed by atoms with Crippen LogP contribution in [0.4, 0.5) is 10.5 Å². The van der Waals surface area contributed by atoms with Gasteiger partial charge in [-0.2, -0.15) is 0 Å². The van der Waals surface area contributed by atoms with E-state index in [1.165, 1.54) is 31.8 Å². The monoisotopic (exact) mass is 429 g/mol. The van der Waals surface area contributed by atoms with Crippen LogP contribution < -0.4 is 24.8 Å². The van der Waals surface area contributed by atoms with E-state index in [4.69, 9.17) is 14.2 Å². The van der Waals surface area contributed by atoms with Crippen LogP contribution in [0.3, 0.4) is 0 Å². The minimum atomic E-state index is -0.321. The summed E-state index contributed by atoms with van der Waals surface area (Å²) in [6.07, 6.45) is 4.02. The SMILES string of the molecule is COc1cc(NC(=O)N[C@H](C)c2c(-n3cccc3)sc(C)c2C)cc(OC)c1OC. The standard InChI is InChI=1S/C22H27N3O4S/c1-13-15(3)30-21(25-9-7-8-10-25)19(13)14(2)23-22(26)24-16-11-17(27-4)20(29-6)18(12-16)28-5/h7-12,14H,1-6H3,(H2,23,24,26)/t14-/m1/s1. The van der Waals surface area contributed by atoms with Gasteiger partial charge in [-0.15, -0.1) is 11.3 Å². The molecular weight excluding hydrogens is 402 g/mol. The van der Waals surface area contributed by atoms with Crippen molar-refractivity contribution in [1.29, 1.82) is 0 Å². The van der Waals surface area contributed by atoms with Crippen molar-refractivity contribution in [3.8, 4) is 22.2 Å². The molecule has 160 valence electrons. The van der Waals surface area contributed by atoms with Crippen LogP contribution in [0, 0.1) is 13.8 Å². The van der Waals surface area contributed by atoms with Gasteiger partial charge in [0.25, 0.3) is 0 Å². The number of nitrogens with zero attached hydrogens (tertiary/aromatic N) is 1. The van der Waals surface area contributed by atoms with E-state index in [2.05, 4.69) is 29.0 Å². The van der Waals surface area contributed by atoms with Crippen molar-refractivity contribution >= 4 is 23.1 Å². The number of ether oxygens (including phenoxy) is 3. The largest absolute Gasteiger partial charge is 0.493 e. The summed E-state index contributed by atoms with van der Waals surface area (Å²) in [6.45, 7) is 6.17. The molecule has 3 aromatic rings. The van der Waals surface area contributed by atoms with Crippen molar-refractivity contribution in [2.45, 2.75) is 26.8 Å². The molecule has 3 rings (SSSR count). The summed E-state index contributed by atoms with van der Waals surface area (Å²) in [4.78, 5) is 14.0. The number of hydrogen-bond acceptors (Lipinski definition) is 5. The van der Waals surface area contributed by atoms with Crippen molar-refractivity contribution in [3.63, 3.8) is 0 Å². The molecule has 8 heteroatoms. The number of aryl methyl sites for hydroxylation is 1. The van der Waals surface area contributed by atoms with Gasteiger partial charge in [0.1, 0.15) is 5.00 Å². The molecule has 0 radical (unpaired) electrons. The van der Waals surface area contributed by atoms with E-state index >= 15 is 0 Å². The Morgan fingerprint density at radius 3 is 2.17 bits per heavy atom. The zero-order chi connectivity index (χ0) is 21.8. The Morgan fingerprint density at radius 2 is 1.63 bits per heavy atom. The lowest BCUT2D eigenvalue weighted by molar-refractivity contribution is 0.249. The second kappa shape index (κ2) is 9.13. The van der Waals surface area contributed by atoms with Crippen molar-refractivity contribution in [3.05, 3.63) is 52.7 Å². The van der Waals surface area contributed by atoms with Gasteiger partial charge >= 0.3 is 6.03 Å². The zero-order valence-corrected chi connectivity index (χ0v) is 18.8. The third kappa shape index (κ3) is 4.23. The van der Waals surface area contributed by atoms with Crippen LogP contribution in [-0.4, -0.2) is 31.9 Å². The molecule has 2 aromatic heterocycles. The third-order valence-corrected chi connectivity index (χ3v) is 6.19. The lowest BCUT2D eigenvalue weighted by Gasteiger charge is -2.18. The van der Waals surface area contributed by atoms with E-state index in [1.807, 2.05) is 31.5 Å². The van der Waals surface area contributed by atoms with Gasteiger partial charge in [0, 0.05) is 35.0 Å². The van der Waals surface area contributed by atoms with Gasteiger partial charge in [-0.1, -0.05) is 0 Å². The molecular formula is C22H27N3O4S. The fraction of sp³-hybridized carbons (Fsp3) is 0.318. The van der Waals surface area contributed by atoms with E-state index in [0.29, 0.717) is 22.9 Å². The third-order valence-electron chi connectivity index (χ3n) is 4.95. The number of benzene rings is 1. The van der Waals surface area contributed by atoms with E-state index in [1.54, 1.807) is 23.5 Å². The Bertz CT molecular complexity index is 1000. The van der Waals surface area contributed by atoms with Crippen LogP contribution in [0.5, 0.6) is 17.2 Å². The lowest BCUT2D eigenvalue weighted by atomic mass is 10.1. The molecule has 30 heavy (non-hydrogen) atoms. The van der Waals surface area contributed by atoms with Gasteiger partial charge in [0.15, 0.2) is 11.5 Å². The molecule has 0 fully saturated rings. The molecule has 0 bridgehead atoms. The molecule has 2 heterocycles. The van der Waals surface area contributed by atoms with Crippen molar-refractivity contribution in [2.24, 2.45) is 0 Å². The number of methoxy groups -OCH3 is 3. The van der Waals surface area contributed by atoms with Crippen molar-refractivity contribution in [2.75, 3.05) is 26.6 Å². The highest BCUT2D eigenvalue weighted by atomic mass is 32.1. The second-order valence-electron chi connectivity index (χ2n) is 6.83. The summed E-state index contributed by atoms with van der Waals surface area (Å²) in [7, 11) is 4.61. The maximum absolute atomic E-state index is 12.7. The number of thiophene rings is 1. The number of hydrogen-bond donors (Lipinski definition) is 2. The topological polar surface area (TPSA) is 73.8 Å². The van der Waals surface area contributed by atoms with E-state index < -0.39 is 0 Å². The Kier molecular flexibility index (Phi) is 6.56. The molecule has 0 saturated carbocycles. The molecule has 2 N–H and O–H groups in total. The Hall–Kier alpha value is -3.13. The van der Waals surface area contributed by atoms with Crippen molar-refractivity contribution < 1.29 is 19.0 Å². The van der Waals surface area contributed by atoms with Gasteiger partial charge in [-0.3, -0.25) is 0 Å². The molecule has 0 saturated heterocycles. The molecule has 0 aliphatic carbocycles. The number of aromatic nitrogens is 1. The highest BCUT2D eigenvalue weighted by Gasteiger charge is 2.21. The van der Waals surface area contributed by atoms with Crippen LogP contribution in [0.25, 0.3) is 5.00 Å². The Morgan fingerprint density at radius 1 is 1.03 bits per heavy atom. The first kappa shape index (κ1) is 21.6. The van der Waals surface area contributed by atoms with E-state index in [-0.39, 0.29) is 12.1 Å². The highest BCUT2D eigenvalue weighted by molar-refractivity contribution is 7.14. The molecule has 0 unspecified atom stereocenters. The van der Waals surface area contributed by atoms with Crippen molar-refractivity contribution in [1.82, 2.24) is 9.88 Å². The summed E-state index contributed by atoms with van der Waals surface area (Å²) in [5.41, 5.74) is 2.83. The quantitative estimate of drug-likeness (QED) is 0.550. The average molecular weight is 430 g/mol. The molecule has 2 amide bonds. The molecule has 0 aliphatic rings. The fourth-order valence-electron chi connectivity index (χ4n) is 3.39. The predicted octanol–water partition coefficient (Wildman–Crippen LogP) is 5.06. The average Bonchev–Trinajstić information content (AvgIpc) is 3.35. The van der Waals surface area contributed by atoms with E-state index in [0.717, 1.165) is 10.6 Å². The second-order valence-corrected chi connectivity index (χ2v) is 8.03. The summed E-state index contributed by atoms with van der Waals surface area (Å²) in [5.74, 6) is 1.42. The first-order chi connectivity index (χ1) is 14.4. The smallest absolute Gasteiger partial charge is 0.319 e. The van der Waals surface area contributed by atoms with E-state index in [9.17, 15) is 4.79 Å². The summed E-state index contributed by atoms with van der Waals surface area (Å²) in [5, 5.41) is 7.00.